The largest absolute Gasteiger partial charge is 0.332 e. The third-order valence-electron chi connectivity index (χ3n) is 3.94. The van der Waals surface area contributed by atoms with Gasteiger partial charge < -0.3 is 10.6 Å². The summed E-state index contributed by atoms with van der Waals surface area (Å²) in [4.78, 5) is 23.6. The average Bonchev–Trinajstić information content (AvgIpc) is 2.69. The molecule has 0 saturated carbocycles. The number of nitro groups is 1. The Balaban J connectivity index is 1.89. The molecule has 0 radical (unpaired) electrons. The van der Waals surface area contributed by atoms with Gasteiger partial charge in [0.05, 0.1) is 15.6 Å². The van der Waals surface area contributed by atoms with E-state index in [9.17, 15) is 14.9 Å². The van der Waals surface area contributed by atoms with Crippen molar-refractivity contribution < 1.29 is 9.72 Å². The summed E-state index contributed by atoms with van der Waals surface area (Å²) in [6.07, 6.45) is 0. The van der Waals surface area contributed by atoms with Crippen LogP contribution in [0.4, 0.5) is 17.1 Å². The van der Waals surface area contributed by atoms with Gasteiger partial charge in [-0.2, -0.15) is 0 Å². The van der Waals surface area contributed by atoms with E-state index >= 15 is 0 Å². The van der Waals surface area contributed by atoms with Gasteiger partial charge >= 0.3 is 0 Å². The van der Waals surface area contributed by atoms with Gasteiger partial charge in [-0.05, 0) is 48.6 Å². The number of thiocarbonyl (C=S) groups is 1. The van der Waals surface area contributed by atoms with E-state index in [4.69, 9.17) is 35.4 Å². The van der Waals surface area contributed by atoms with Crippen molar-refractivity contribution in [1.82, 2.24) is 0 Å². The molecule has 6 nitrogen and oxygen atoms in total. The van der Waals surface area contributed by atoms with Gasteiger partial charge in [-0.15, -0.1) is 0 Å². The highest BCUT2D eigenvalue weighted by Gasteiger charge is 2.18. The van der Waals surface area contributed by atoms with Crippen molar-refractivity contribution in [3.8, 4) is 0 Å². The predicted molar refractivity (Wildman–Crippen MR) is 119 cm³/mol. The van der Waals surface area contributed by atoms with Crippen LogP contribution in [0.5, 0.6) is 0 Å². The molecule has 0 heterocycles. The van der Waals surface area contributed by atoms with Gasteiger partial charge in [-0.1, -0.05) is 47.5 Å². The second-order valence-electron chi connectivity index (χ2n) is 5.85. The van der Waals surface area contributed by atoms with Crippen LogP contribution in [0.2, 0.25) is 10.0 Å². The van der Waals surface area contributed by atoms with Gasteiger partial charge in [0.2, 0.25) is 0 Å². The second kappa shape index (κ2) is 9.00. The number of nitrogens with one attached hydrogen (secondary N) is 2. The zero-order valence-electron chi connectivity index (χ0n) is 14.7. The first-order valence-electron chi connectivity index (χ1n) is 8.27. The monoisotopic (exact) mass is 445 g/mol. The number of rotatable bonds is 5. The minimum absolute atomic E-state index is 0.0785. The zero-order valence-corrected chi connectivity index (χ0v) is 17.0. The van der Waals surface area contributed by atoms with Crippen LogP contribution in [0.25, 0.3) is 0 Å². The number of nitro benzene ring substituents is 1. The van der Waals surface area contributed by atoms with E-state index in [1.165, 1.54) is 18.2 Å². The number of para-hydroxylation sites is 2. The Morgan fingerprint density at radius 1 is 0.897 bits per heavy atom. The highest BCUT2D eigenvalue weighted by atomic mass is 35.5. The van der Waals surface area contributed by atoms with E-state index in [1.54, 1.807) is 48.5 Å². The van der Waals surface area contributed by atoms with Crippen molar-refractivity contribution in [3.63, 3.8) is 0 Å². The number of halogens is 2. The summed E-state index contributed by atoms with van der Waals surface area (Å²) in [6, 6.07) is 17.4. The first-order valence-corrected chi connectivity index (χ1v) is 9.43. The molecule has 0 aliphatic heterocycles. The maximum Gasteiger partial charge on any atom is 0.292 e. The van der Waals surface area contributed by atoms with Gasteiger partial charge in [-0.3, -0.25) is 14.9 Å². The Labute approximate surface area is 181 Å². The maximum absolute atomic E-state index is 13.0. The van der Waals surface area contributed by atoms with Crippen molar-refractivity contribution in [3.05, 3.63) is 98.0 Å². The molecule has 0 spiro atoms. The van der Waals surface area contributed by atoms with Crippen molar-refractivity contribution in [1.29, 1.82) is 0 Å². The summed E-state index contributed by atoms with van der Waals surface area (Å²) in [7, 11) is 0. The molecule has 0 aliphatic carbocycles. The summed E-state index contributed by atoms with van der Waals surface area (Å²) < 4.78 is 0. The topological polar surface area (TPSA) is 84.3 Å². The Bertz CT molecular complexity index is 1120. The fourth-order valence-corrected chi connectivity index (χ4v) is 3.23. The molecule has 9 heteroatoms. The highest BCUT2D eigenvalue weighted by Crippen LogP contribution is 2.28. The third-order valence-corrected chi connectivity index (χ3v) is 4.71. The van der Waals surface area contributed by atoms with Gasteiger partial charge in [-0.25, -0.2) is 0 Å². The number of carbonyl (C=O) groups is 1. The van der Waals surface area contributed by atoms with Crippen LogP contribution >= 0.6 is 35.4 Å². The molecule has 2 N–H and O–H groups in total. The predicted octanol–water partition coefficient (Wildman–Crippen LogP) is 5.94. The fraction of sp³-hybridized carbons (Fsp3) is 0. The van der Waals surface area contributed by atoms with Crippen LogP contribution < -0.4 is 10.6 Å². The SMILES string of the molecule is O=C(c1ccccc1Cl)c1cc(Cl)ccc1NC(=S)Nc1ccccc1[N+](=O)[O-]. The molecule has 29 heavy (non-hydrogen) atoms. The average molecular weight is 446 g/mol. The Kier molecular flexibility index (Phi) is 6.43. The number of benzene rings is 3. The lowest BCUT2D eigenvalue weighted by molar-refractivity contribution is -0.383. The zero-order chi connectivity index (χ0) is 21.0. The summed E-state index contributed by atoms with van der Waals surface area (Å²) in [5, 5.41) is 17.6. The number of hydrogen-bond donors (Lipinski definition) is 2. The van der Waals surface area contributed by atoms with E-state index in [2.05, 4.69) is 10.6 Å². The minimum Gasteiger partial charge on any atom is -0.332 e. The maximum atomic E-state index is 13.0. The van der Waals surface area contributed by atoms with Crippen LogP contribution in [-0.2, 0) is 0 Å². The number of carbonyl (C=O) groups excluding carboxylic acids is 1. The molecule has 146 valence electrons. The number of ketones is 1. The van der Waals surface area contributed by atoms with Crippen molar-refractivity contribution in [2.75, 3.05) is 10.6 Å². The Morgan fingerprint density at radius 3 is 2.28 bits per heavy atom. The van der Waals surface area contributed by atoms with Gasteiger partial charge in [0.1, 0.15) is 5.69 Å². The van der Waals surface area contributed by atoms with Gasteiger partial charge in [0.15, 0.2) is 10.9 Å². The van der Waals surface area contributed by atoms with E-state index in [-0.39, 0.29) is 27.8 Å². The smallest absolute Gasteiger partial charge is 0.292 e. The number of hydrogen-bond acceptors (Lipinski definition) is 4. The van der Waals surface area contributed by atoms with Gasteiger partial charge in [0.25, 0.3) is 5.69 Å². The third kappa shape index (κ3) is 4.89. The molecule has 0 unspecified atom stereocenters. The molecule has 0 fully saturated rings. The molecular formula is C20H13Cl2N3O3S. The van der Waals surface area contributed by atoms with E-state index in [1.807, 2.05) is 0 Å². The normalized spacial score (nSPS) is 10.3. The number of anilines is 2. The van der Waals surface area contributed by atoms with Crippen molar-refractivity contribution in [2.24, 2.45) is 0 Å². The molecule has 0 aliphatic rings. The second-order valence-corrected chi connectivity index (χ2v) is 7.10. The Hall–Kier alpha value is -3.00. The first-order chi connectivity index (χ1) is 13.9. The summed E-state index contributed by atoms with van der Waals surface area (Å²) in [6.45, 7) is 0. The summed E-state index contributed by atoms with van der Waals surface area (Å²) in [5.41, 5.74) is 1.06. The number of nitrogens with zero attached hydrogens (tertiary/aromatic N) is 1. The van der Waals surface area contributed by atoms with Crippen LogP contribution in [0, 0.1) is 10.1 Å². The summed E-state index contributed by atoms with van der Waals surface area (Å²) >= 11 is 17.5. The lowest BCUT2D eigenvalue weighted by Crippen LogP contribution is -2.21. The first kappa shape index (κ1) is 20.7. The van der Waals surface area contributed by atoms with Crippen LogP contribution in [0.15, 0.2) is 66.7 Å². The lowest BCUT2D eigenvalue weighted by Gasteiger charge is -2.14. The standard InChI is InChI=1S/C20H13Cl2N3O3S/c21-12-9-10-16(14(11-12)19(26)13-5-1-2-6-15(13)22)23-20(29)24-17-7-3-4-8-18(17)25(27)28/h1-11H,(H2,23,24,29). The van der Waals surface area contributed by atoms with Crippen LogP contribution in [0.1, 0.15) is 15.9 Å². The molecule has 0 aromatic heterocycles. The summed E-state index contributed by atoms with van der Waals surface area (Å²) in [5.74, 6) is -0.339. The lowest BCUT2D eigenvalue weighted by atomic mass is 10.0. The van der Waals surface area contributed by atoms with E-state index in [0.717, 1.165) is 0 Å². The minimum atomic E-state index is -0.514. The van der Waals surface area contributed by atoms with E-state index in [0.29, 0.717) is 21.3 Å². The Morgan fingerprint density at radius 2 is 1.55 bits per heavy atom. The van der Waals surface area contributed by atoms with Crippen molar-refractivity contribution in [2.45, 2.75) is 0 Å². The van der Waals surface area contributed by atoms with Crippen molar-refractivity contribution >= 4 is 63.4 Å². The fourth-order valence-electron chi connectivity index (χ4n) is 2.62. The molecule has 3 aromatic carbocycles. The van der Waals surface area contributed by atoms with E-state index < -0.39 is 4.92 Å². The molecule has 3 rings (SSSR count). The van der Waals surface area contributed by atoms with Crippen LogP contribution in [-0.4, -0.2) is 15.8 Å². The molecule has 0 amide bonds. The van der Waals surface area contributed by atoms with Gasteiger partial charge in [0, 0.05) is 22.2 Å². The molecule has 0 atom stereocenters. The molecular weight excluding hydrogens is 433 g/mol. The quantitative estimate of drug-likeness (QED) is 0.218. The molecule has 0 saturated heterocycles. The highest BCUT2D eigenvalue weighted by molar-refractivity contribution is 7.80. The molecule has 3 aromatic rings. The molecule has 0 bridgehead atoms. The van der Waals surface area contributed by atoms with Crippen LogP contribution in [0.3, 0.4) is 0 Å².